The van der Waals surface area contributed by atoms with Crippen molar-refractivity contribution in [3.05, 3.63) is 23.8 Å². The summed E-state index contributed by atoms with van der Waals surface area (Å²) in [6.45, 7) is 11.3. The van der Waals surface area contributed by atoms with Crippen molar-refractivity contribution < 1.29 is 4.74 Å². The van der Waals surface area contributed by atoms with E-state index in [9.17, 15) is 0 Å². The van der Waals surface area contributed by atoms with Crippen LogP contribution in [-0.2, 0) is 0 Å². The first-order chi connectivity index (χ1) is 10.0. The summed E-state index contributed by atoms with van der Waals surface area (Å²) in [5.74, 6) is 0.992. The van der Waals surface area contributed by atoms with Gasteiger partial charge in [0.05, 0.1) is 7.11 Å². The first-order valence-corrected chi connectivity index (χ1v) is 8.19. The van der Waals surface area contributed by atoms with E-state index in [4.69, 9.17) is 4.74 Å². The molecule has 0 spiro atoms. The van der Waals surface area contributed by atoms with Crippen molar-refractivity contribution in [3.63, 3.8) is 0 Å². The standard InChI is InChI=1S/C18H30N2O/c1-6-12-19-14(2)17-15(9-7-10-16(17)21-5)20-13-8-11-18(20,3)4/h7,9-10,14,19H,6,8,11-13H2,1-5H3. The van der Waals surface area contributed by atoms with E-state index in [0.29, 0.717) is 6.04 Å². The van der Waals surface area contributed by atoms with Crippen LogP contribution in [0.2, 0.25) is 0 Å². The molecule has 1 aromatic rings. The van der Waals surface area contributed by atoms with Gasteiger partial charge in [0.1, 0.15) is 5.75 Å². The van der Waals surface area contributed by atoms with Crippen LogP contribution in [0.1, 0.15) is 58.6 Å². The van der Waals surface area contributed by atoms with E-state index in [-0.39, 0.29) is 5.54 Å². The molecule has 1 aliphatic heterocycles. The molecule has 0 aromatic heterocycles. The molecule has 1 N–H and O–H groups in total. The molecule has 3 nitrogen and oxygen atoms in total. The fourth-order valence-corrected chi connectivity index (χ4v) is 3.40. The maximum atomic E-state index is 5.65. The highest BCUT2D eigenvalue weighted by Gasteiger charge is 2.34. The lowest BCUT2D eigenvalue weighted by molar-refractivity contribution is 0.400. The molecule has 21 heavy (non-hydrogen) atoms. The van der Waals surface area contributed by atoms with Crippen molar-refractivity contribution in [1.29, 1.82) is 0 Å². The second-order valence-corrected chi connectivity index (χ2v) is 6.64. The maximum Gasteiger partial charge on any atom is 0.125 e. The van der Waals surface area contributed by atoms with Crippen LogP contribution in [0, 0.1) is 0 Å². The van der Waals surface area contributed by atoms with Crippen molar-refractivity contribution in [2.75, 3.05) is 25.1 Å². The summed E-state index contributed by atoms with van der Waals surface area (Å²) in [6.07, 6.45) is 3.66. The van der Waals surface area contributed by atoms with Gasteiger partial charge in [0.2, 0.25) is 0 Å². The molecule has 0 bridgehead atoms. The lowest BCUT2D eigenvalue weighted by atomic mass is 9.98. The molecule has 1 aromatic carbocycles. The molecule has 118 valence electrons. The molecule has 0 radical (unpaired) electrons. The summed E-state index contributed by atoms with van der Waals surface area (Å²) in [5.41, 5.74) is 2.85. The van der Waals surface area contributed by atoms with Crippen LogP contribution in [0.4, 0.5) is 5.69 Å². The third kappa shape index (κ3) is 3.34. The van der Waals surface area contributed by atoms with E-state index in [1.165, 1.54) is 24.1 Å². The number of anilines is 1. The molecule has 1 aliphatic rings. The third-order valence-corrected chi connectivity index (χ3v) is 4.59. The van der Waals surface area contributed by atoms with Crippen molar-refractivity contribution in [2.45, 2.75) is 58.5 Å². The highest BCUT2D eigenvalue weighted by atomic mass is 16.5. The molecular formula is C18H30N2O. The van der Waals surface area contributed by atoms with Crippen molar-refractivity contribution in [3.8, 4) is 5.75 Å². The molecule has 0 saturated carbocycles. The van der Waals surface area contributed by atoms with Gasteiger partial charge in [0.25, 0.3) is 0 Å². The average Bonchev–Trinajstić information content (AvgIpc) is 2.83. The normalized spacial score (nSPS) is 18.8. The van der Waals surface area contributed by atoms with E-state index >= 15 is 0 Å². The quantitative estimate of drug-likeness (QED) is 0.852. The second kappa shape index (κ2) is 6.69. The van der Waals surface area contributed by atoms with Gasteiger partial charge in [-0.15, -0.1) is 0 Å². The predicted molar refractivity (Wildman–Crippen MR) is 90.4 cm³/mol. The summed E-state index contributed by atoms with van der Waals surface area (Å²) in [4.78, 5) is 2.55. The van der Waals surface area contributed by atoms with Crippen LogP contribution >= 0.6 is 0 Å². The molecule has 0 aliphatic carbocycles. The summed E-state index contributed by atoms with van der Waals surface area (Å²) < 4.78 is 5.65. The van der Waals surface area contributed by atoms with Gasteiger partial charge in [-0.25, -0.2) is 0 Å². The van der Waals surface area contributed by atoms with Gasteiger partial charge in [-0.05, 0) is 58.7 Å². The van der Waals surface area contributed by atoms with E-state index < -0.39 is 0 Å². The van der Waals surface area contributed by atoms with Crippen LogP contribution in [0.25, 0.3) is 0 Å². The Labute approximate surface area is 129 Å². The summed E-state index contributed by atoms with van der Waals surface area (Å²) in [5, 5.41) is 3.61. The Kier molecular flexibility index (Phi) is 5.15. The smallest absolute Gasteiger partial charge is 0.125 e. The Hall–Kier alpha value is -1.22. The minimum atomic E-state index is 0.228. The lowest BCUT2D eigenvalue weighted by Crippen LogP contribution is -2.39. The average molecular weight is 290 g/mol. The number of ether oxygens (including phenoxy) is 1. The molecule has 1 fully saturated rings. The number of hydrogen-bond donors (Lipinski definition) is 1. The monoisotopic (exact) mass is 290 g/mol. The number of methoxy groups -OCH3 is 1. The predicted octanol–water partition coefficient (Wildman–Crippen LogP) is 4.13. The molecule has 1 saturated heterocycles. The van der Waals surface area contributed by atoms with Crippen LogP contribution in [0.5, 0.6) is 5.75 Å². The highest BCUT2D eigenvalue weighted by Crippen LogP contribution is 2.41. The molecule has 1 heterocycles. The zero-order valence-electron chi connectivity index (χ0n) is 14.2. The Morgan fingerprint density at radius 2 is 2.14 bits per heavy atom. The molecule has 1 unspecified atom stereocenters. The zero-order chi connectivity index (χ0) is 15.5. The number of benzene rings is 1. The van der Waals surface area contributed by atoms with Crippen molar-refractivity contribution in [2.24, 2.45) is 0 Å². The molecule has 1 atom stereocenters. The lowest BCUT2D eigenvalue weighted by Gasteiger charge is -2.36. The second-order valence-electron chi connectivity index (χ2n) is 6.64. The van der Waals surface area contributed by atoms with Crippen LogP contribution in [0.3, 0.4) is 0 Å². The first kappa shape index (κ1) is 16.2. The van der Waals surface area contributed by atoms with Gasteiger partial charge in [-0.3, -0.25) is 0 Å². The van der Waals surface area contributed by atoms with E-state index in [1.807, 2.05) is 0 Å². The fourth-order valence-electron chi connectivity index (χ4n) is 3.40. The van der Waals surface area contributed by atoms with Gasteiger partial charge < -0.3 is 15.0 Å². The van der Waals surface area contributed by atoms with Crippen molar-refractivity contribution >= 4 is 5.69 Å². The Morgan fingerprint density at radius 1 is 1.38 bits per heavy atom. The number of nitrogens with zero attached hydrogens (tertiary/aromatic N) is 1. The first-order valence-electron chi connectivity index (χ1n) is 8.19. The Bertz CT molecular complexity index is 470. The number of rotatable bonds is 6. The van der Waals surface area contributed by atoms with Crippen LogP contribution < -0.4 is 15.0 Å². The van der Waals surface area contributed by atoms with E-state index in [0.717, 1.165) is 25.3 Å². The van der Waals surface area contributed by atoms with Gasteiger partial charge in [0.15, 0.2) is 0 Å². The van der Waals surface area contributed by atoms with Gasteiger partial charge in [-0.2, -0.15) is 0 Å². The molecule has 3 heteroatoms. The molecule has 2 rings (SSSR count). The zero-order valence-corrected chi connectivity index (χ0v) is 14.2. The minimum Gasteiger partial charge on any atom is -0.496 e. The number of hydrogen-bond acceptors (Lipinski definition) is 3. The molecule has 0 amide bonds. The topological polar surface area (TPSA) is 24.5 Å². The maximum absolute atomic E-state index is 5.65. The summed E-state index contributed by atoms with van der Waals surface area (Å²) in [6, 6.07) is 6.73. The van der Waals surface area contributed by atoms with Gasteiger partial charge in [0, 0.05) is 29.4 Å². The van der Waals surface area contributed by atoms with E-state index in [2.05, 4.69) is 56.1 Å². The fraction of sp³-hybridized carbons (Fsp3) is 0.667. The Morgan fingerprint density at radius 3 is 2.71 bits per heavy atom. The third-order valence-electron chi connectivity index (χ3n) is 4.59. The van der Waals surface area contributed by atoms with Gasteiger partial charge >= 0.3 is 0 Å². The van der Waals surface area contributed by atoms with Crippen LogP contribution in [-0.4, -0.2) is 25.7 Å². The van der Waals surface area contributed by atoms with Gasteiger partial charge in [-0.1, -0.05) is 13.0 Å². The van der Waals surface area contributed by atoms with Crippen molar-refractivity contribution in [1.82, 2.24) is 5.32 Å². The van der Waals surface area contributed by atoms with Crippen LogP contribution in [0.15, 0.2) is 18.2 Å². The summed E-state index contributed by atoms with van der Waals surface area (Å²) >= 11 is 0. The number of nitrogens with one attached hydrogen (secondary N) is 1. The highest BCUT2D eigenvalue weighted by molar-refractivity contribution is 5.62. The minimum absolute atomic E-state index is 0.228. The summed E-state index contributed by atoms with van der Waals surface area (Å²) in [7, 11) is 1.77. The Balaban J connectivity index is 2.40. The largest absolute Gasteiger partial charge is 0.496 e. The SMILES string of the molecule is CCCNC(C)c1c(OC)cccc1N1CCCC1(C)C. The van der Waals surface area contributed by atoms with E-state index in [1.54, 1.807) is 7.11 Å². The molecular weight excluding hydrogens is 260 g/mol.